The van der Waals surface area contributed by atoms with Crippen molar-refractivity contribution in [2.45, 2.75) is 13.3 Å². The Morgan fingerprint density at radius 2 is 2.20 bits per heavy atom. The van der Waals surface area contributed by atoms with Crippen molar-refractivity contribution in [3.05, 3.63) is 47.5 Å². The Balaban J connectivity index is 1.92. The quantitative estimate of drug-likeness (QED) is 0.871. The molecule has 2 N–H and O–H groups in total. The zero-order valence-electron chi connectivity index (χ0n) is 12.1. The molecule has 0 saturated carbocycles. The molecule has 20 heavy (non-hydrogen) atoms. The van der Waals surface area contributed by atoms with E-state index in [2.05, 4.69) is 15.6 Å². The fourth-order valence-electron chi connectivity index (χ4n) is 2.11. The van der Waals surface area contributed by atoms with Gasteiger partial charge < -0.3 is 15.2 Å². The van der Waals surface area contributed by atoms with Crippen molar-refractivity contribution < 1.29 is 4.79 Å². The number of imidazole rings is 1. The van der Waals surface area contributed by atoms with E-state index in [-0.39, 0.29) is 5.91 Å². The number of aryl methyl sites for hydroxylation is 2. The second-order valence-corrected chi connectivity index (χ2v) is 4.74. The minimum atomic E-state index is -0.0510. The van der Waals surface area contributed by atoms with Gasteiger partial charge in [0.2, 0.25) is 0 Å². The second-order valence-electron chi connectivity index (χ2n) is 4.74. The Labute approximate surface area is 119 Å². The number of anilines is 1. The number of carbonyl (C=O) groups is 1. The van der Waals surface area contributed by atoms with Gasteiger partial charge in [0.1, 0.15) is 5.82 Å². The number of nitrogens with one attached hydrogen (secondary N) is 2. The van der Waals surface area contributed by atoms with Crippen LogP contribution in [0.4, 0.5) is 5.69 Å². The van der Waals surface area contributed by atoms with Crippen molar-refractivity contribution in [3.8, 4) is 0 Å². The minimum absolute atomic E-state index is 0.0510. The van der Waals surface area contributed by atoms with E-state index >= 15 is 0 Å². The van der Waals surface area contributed by atoms with Crippen molar-refractivity contribution in [1.29, 1.82) is 0 Å². The summed E-state index contributed by atoms with van der Waals surface area (Å²) in [6, 6.07) is 5.64. The fraction of sp³-hybridized carbons (Fsp3) is 0.333. The number of carbonyl (C=O) groups excluding carboxylic acids is 1. The van der Waals surface area contributed by atoms with Crippen LogP contribution in [0.25, 0.3) is 0 Å². The number of rotatable bonds is 5. The number of amides is 1. The van der Waals surface area contributed by atoms with E-state index < -0.39 is 0 Å². The van der Waals surface area contributed by atoms with E-state index in [9.17, 15) is 4.79 Å². The molecule has 1 aromatic heterocycles. The smallest absolute Gasteiger partial charge is 0.251 e. The van der Waals surface area contributed by atoms with Gasteiger partial charge in [0.25, 0.3) is 5.91 Å². The van der Waals surface area contributed by atoms with E-state index in [1.807, 2.05) is 50.0 Å². The number of benzene rings is 1. The lowest BCUT2D eigenvalue weighted by Gasteiger charge is -2.09. The highest BCUT2D eigenvalue weighted by Crippen LogP contribution is 2.15. The van der Waals surface area contributed by atoms with E-state index in [0.717, 1.165) is 23.5 Å². The Morgan fingerprint density at radius 1 is 1.40 bits per heavy atom. The molecule has 2 rings (SSSR count). The summed E-state index contributed by atoms with van der Waals surface area (Å²) in [4.78, 5) is 16.3. The molecule has 0 atom stereocenters. The molecule has 0 fully saturated rings. The third-order valence-corrected chi connectivity index (χ3v) is 3.31. The monoisotopic (exact) mass is 272 g/mol. The summed E-state index contributed by atoms with van der Waals surface area (Å²) < 4.78 is 1.96. The molecule has 0 radical (unpaired) electrons. The predicted octanol–water partition coefficient (Wildman–Crippen LogP) is 1.74. The molecule has 5 nitrogen and oxygen atoms in total. The first-order valence-corrected chi connectivity index (χ1v) is 6.64. The highest BCUT2D eigenvalue weighted by molar-refractivity contribution is 5.94. The van der Waals surface area contributed by atoms with Crippen molar-refractivity contribution in [2.75, 3.05) is 18.9 Å². The van der Waals surface area contributed by atoms with Gasteiger partial charge in [-0.05, 0) is 30.7 Å². The Hall–Kier alpha value is -2.30. The third kappa shape index (κ3) is 3.17. The van der Waals surface area contributed by atoms with Crippen molar-refractivity contribution in [3.63, 3.8) is 0 Å². The van der Waals surface area contributed by atoms with Crippen LogP contribution in [0.1, 0.15) is 21.7 Å². The molecule has 0 saturated heterocycles. The predicted molar refractivity (Wildman–Crippen MR) is 80.0 cm³/mol. The molecule has 0 spiro atoms. The summed E-state index contributed by atoms with van der Waals surface area (Å²) in [7, 11) is 3.82. The summed E-state index contributed by atoms with van der Waals surface area (Å²) in [5, 5.41) is 6.00. The van der Waals surface area contributed by atoms with Crippen LogP contribution in [0.2, 0.25) is 0 Å². The molecule has 0 aliphatic rings. The summed E-state index contributed by atoms with van der Waals surface area (Å²) in [5.41, 5.74) is 2.78. The van der Waals surface area contributed by atoms with Gasteiger partial charge in [0, 0.05) is 50.7 Å². The highest BCUT2D eigenvalue weighted by Gasteiger charge is 2.07. The molecular weight excluding hydrogens is 252 g/mol. The van der Waals surface area contributed by atoms with Crippen LogP contribution in [-0.4, -0.2) is 29.1 Å². The van der Waals surface area contributed by atoms with Gasteiger partial charge in [-0.1, -0.05) is 0 Å². The lowest BCUT2D eigenvalue weighted by Crippen LogP contribution is -2.26. The molecule has 1 heterocycles. The maximum Gasteiger partial charge on any atom is 0.251 e. The molecule has 2 aromatic rings. The minimum Gasteiger partial charge on any atom is -0.388 e. The van der Waals surface area contributed by atoms with Gasteiger partial charge in [-0.25, -0.2) is 4.98 Å². The molecule has 0 unspecified atom stereocenters. The van der Waals surface area contributed by atoms with Crippen LogP contribution in [0.15, 0.2) is 30.6 Å². The molecule has 0 aliphatic carbocycles. The van der Waals surface area contributed by atoms with Crippen LogP contribution < -0.4 is 10.6 Å². The van der Waals surface area contributed by atoms with Gasteiger partial charge >= 0.3 is 0 Å². The standard InChI is InChI=1S/C15H20N4O/c1-11-10-12(4-5-13(11)16-2)15(20)18-7-6-14-17-8-9-19(14)3/h4-5,8-10,16H,6-7H2,1-3H3,(H,18,20). The zero-order chi connectivity index (χ0) is 14.5. The van der Waals surface area contributed by atoms with Crippen LogP contribution >= 0.6 is 0 Å². The SMILES string of the molecule is CNc1ccc(C(=O)NCCc2nccn2C)cc1C. The van der Waals surface area contributed by atoms with Gasteiger partial charge in [-0.15, -0.1) is 0 Å². The van der Waals surface area contributed by atoms with Gasteiger partial charge in [-0.3, -0.25) is 4.79 Å². The maximum absolute atomic E-state index is 12.1. The van der Waals surface area contributed by atoms with E-state index in [1.54, 1.807) is 6.20 Å². The van der Waals surface area contributed by atoms with E-state index in [4.69, 9.17) is 0 Å². The van der Waals surface area contributed by atoms with Crippen LogP contribution in [-0.2, 0) is 13.5 Å². The Morgan fingerprint density at radius 3 is 2.80 bits per heavy atom. The largest absolute Gasteiger partial charge is 0.388 e. The Bertz CT molecular complexity index is 604. The summed E-state index contributed by atoms with van der Waals surface area (Å²) >= 11 is 0. The summed E-state index contributed by atoms with van der Waals surface area (Å²) in [5.74, 6) is 0.914. The van der Waals surface area contributed by atoms with Crippen LogP contribution in [0, 0.1) is 6.92 Å². The molecule has 106 valence electrons. The first-order valence-electron chi connectivity index (χ1n) is 6.64. The van der Waals surface area contributed by atoms with Crippen LogP contribution in [0.3, 0.4) is 0 Å². The maximum atomic E-state index is 12.1. The van der Waals surface area contributed by atoms with Gasteiger partial charge in [0.15, 0.2) is 0 Å². The van der Waals surface area contributed by atoms with Crippen molar-refractivity contribution in [2.24, 2.45) is 7.05 Å². The average Bonchev–Trinajstić information content (AvgIpc) is 2.84. The third-order valence-electron chi connectivity index (χ3n) is 3.31. The van der Waals surface area contributed by atoms with Gasteiger partial charge in [0.05, 0.1) is 0 Å². The molecular formula is C15H20N4O. The van der Waals surface area contributed by atoms with Crippen molar-refractivity contribution >= 4 is 11.6 Å². The van der Waals surface area contributed by atoms with E-state index in [1.165, 1.54) is 0 Å². The number of hydrogen-bond donors (Lipinski definition) is 2. The topological polar surface area (TPSA) is 59.0 Å². The zero-order valence-corrected chi connectivity index (χ0v) is 12.1. The van der Waals surface area contributed by atoms with E-state index in [0.29, 0.717) is 12.1 Å². The molecule has 0 aliphatic heterocycles. The van der Waals surface area contributed by atoms with Gasteiger partial charge in [-0.2, -0.15) is 0 Å². The summed E-state index contributed by atoms with van der Waals surface area (Å²) in [6.45, 7) is 2.56. The number of nitrogens with zero attached hydrogens (tertiary/aromatic N) is 2. The Kier molecular flexibility index (Phi) is 4.40. The average molecular weight is 272 g/mol. The first kappa shape index (κ1) is 14.1. The lowest BCUT2D eigenvalue weighted by atomic mass is 10.1. The number of aromatic nitrogens is 2. The molecule has 0 bridgehead atoms. The fourth-order valence-corrected chi connectivity index (χ4v) is 2.11. The first-order chi connectivity index (χ1) is 9.61. The highest BCUT2D eigenvalue weighted by atomic mass is 16.1. The summed E-state index contributed by atoms with van der Waals surface area (Å²) in [6.07, 6.45) is 4.39. The lowest BCUT2D eigenvalue weighted by molar-refractivity contribution is 0.0954. The van der Waals surface area contributed by atoms with Crippen molar-refractivity contribution in [1.82, 2.24) is 14.9 Å². The normalized spacial score (nSPS) is 10.3. The van der Waals surface area contributed by atoms with Crippen LogP contribution in [0.5, 0.6) is 0 Å². The molecule has 5 heteroatoms. The molecule has 1 amide bonds. The molecule has 1 aromatic carbocycles. The second kappa shape index (κ2) is 6.23. The number of hydrogen-bond acceptors (Lipinski definition) is 3.